The van der Waals surface area contributed by atoms with Gasteiger partial charge in [-0.1, -0.05) is 12.1 Å². The van der Waals surface area contributed by atoms with E-state index in [1.165, 1.54) is 18.2 Å². The van der Waals surface area contributed by atoms with Crippen LogP contribution >= 0.6 is 12.2 Å². The minimum Gasteiger partial charge on any atom is -0.478 e. The highest BCUT2D eigenvalue weighted by Crippen LogP contribution is 2.24. The van der Waals surface area contributed by atoms with Gasteiger partial charge in [0.05, 0.1) is 5.56 Å². The molecule has 1 amide bonds. The van der Waals surface area contributed by atoms with Gasteiger partial charge in [-0.05, 0) is 36.5 Å². The minimum absolute atomic E-state index is 0.177. The van der Waals surface area contributed by atoms with Crippen LogP contribution in [0, 0.1) is 0 Å². The number of amides is 1. The summed E-state index contributed by atoms with van der Waals surface area (Å²) >= 11 is 4.84. The van der Waals surface area contributed by atoms with Crippen LogP contribution in [0.15, 0.2) is 46.5 Å². The van der Waals surface area contributed by atoms with Gasteiger partial charge in [-0.25, -0.2) is 4.79 Å². The number of aromatic carboxylic acids is 1. The summed E-state index contributed by atoms with van der Waals surface area (Å²) in [4.78, 5) is 22.5. The third-order valence-corrected chi connectivity index (χ3v) is 3.23. The van der Waals surface area contributed by atoms with E-state index in [4.69, 9.17) is 21.7 Å². The van der Waals surface area contributed by atoms with Crippen LogP contribution < -0.4 is 10.6 Å². The molecule has 0 atom stereocenters. The van der Waals surface area contributed by atoms with E-state index in [9.17, 15) is 9.59 Å². The highest BCUT2D eigenvalue weighted by atomic mass is 32.1. The van der Waals surface area contributed by atoms with Gasteiger partial charge in [0.15, 0.2) is 5.11 Å². The van der Waals surface area contributed by atoms with Gasteiger partial charge in [-0.3, -0.25) is 10.1 Å². The van der Waals surface area contributed by atoms with Gasteiger partial charge in [0, 0.05) is 11.6 Å². The van der Waals surface area contributed by atoms with Crippen LogP contribution in [-0.2, 0) is 4.79 Å². The first kappa shape index (κ1) is 14.0. The van der Waals surface area contributed by atoms with Crippen molar-refractivity contribution in [2.24, 2.45) is 0 Å². The Labute approximate surface area is 130 Å². The van der Waals surface area contributed by atoms with Crippen LogP contribution in [-0.4, -0.2) is 22.1 Å². The van der Waals surface area contributed by atoms with E-state index in [0.717, 1.165) is 0 Å². The van der Waals surface area contributed by atoms with Crippen molar-refractivity contribution in [1.82, 2.24) is 10.6 Å². The summed E-state index contributed by atoms with van der Waals surface area (Å²) in [5, 5.41) is 14.4. The fraction of sp³-hybridized carbons (Fsp3) is 0. The van der Waals surface area contributed by atoms with Gasteiger partial charge in [-0.2, -0.15) is 0 Å². The molecule has 0 saturated carbocycles. The lowest BCUT2D eigenvalue weighted by Crippen LogP contribution is -2.21. The fourth-order valence-electron chi connectivity index (χ4n) is 2.02. The predicted octanol–water partition coefficient (Wildman–Crippen LogP) is 1.99. The molecule has 2 heterocycles. The Hall–Kier alpha value is -2.93. The monoisotopic (exact) mass is 314 g/mol. The molecule has 1 aromatic carbocycles. The molecule has 3 rings (SSSR count). The van der Waals surface area contributed by atoms with Gasteiger partial charge in [0.25, 0.3) is 5.91 Å². The molecule has 7 heteroatoms. The minimum atomic E-state index is -1.00. The molecule has 1 fully saturated rings. The predicted molar refractivity (Wildman–Crippen MR) is 83.0 cm³/mol. The average molecular weight is 314 g/mol. The molecule has 1 aliphatic rings. The molecular weight excluding hydrogens is 304 g/mol. The van der Waals surface area contributed by atoms with Crippen molar-refractivity contribution in [3.8, 4) is 11.3 Å². The second-order valence-electron chi connectivity index (χ2n) is 4.55. The van der Waals surface area contributed by atoms with Crippen molar-refractivity contribution < 1.29 is 19.1 Å². The van der Waals surface area contributed by atoms with Crippen molar-refractivity contribution in [1.29, 1.82) is 0 Å². The number of hydrogen-bond donors (Lipinski definition) is 3. The highest BCUT2D eigenvalue weighted by molar-refractivity contribution is 7.80. The molecular formula is C15H10N2O4S. The van der Waals surface area contributed by atoms with Crippen molar-refractivity contribution in [3.05, 3.63) is 53.4 Å². The summed E-state index contributed by atoms with van der Waals surface area (Å²) in [5.74, 6) is -0.360. The number of nitrogens with one attached hydrogen (secondary N) is 2. The van der Waals surface area contributed by atoms with Gasteiger partial charge in [0.2, 0.25) is 0 Å². The van der Waals surface area contributed by atoms with Crippen LogP contribution in [0.1, 0.15) is 16.1 Å². The third-order valence-electron chi connectivity index (χ3n) is 3.03. The van der Waals surface area contributed by atoms with Gasteiger partial charge in [0.1, 0.15) is 17.2 Å². The number of furan rings is 1. The number of rotatable bonds is 3. The molecule has 1 aromatic heterocycles. The summed E-state index contributed by atoms with van der Waals surface area (Å²) in [6, 6.07) is 9.81. The van der Waals surface area contributed by atoms with Crippen LogP contribution in [0.3, 0.4) is 0 Å². The Balaban J connectivity index is 1.90. The maximum absolute atomic E-state index is 11.5. The molecule has 110 valence electrons. The van der Waals surface area contributed by atoms with Gasteiger partial charge in [-0.15, -0.1) is 0 Å². The molecule has 0 unspecified atom stereocenters. The smallest absolute Gasteiger partial charge is 0.335 e. The molecule has 2 aromatic rings. The molecule has 1 saturated heterocycles. The van der Waals surface area contributed by atoms with E-state index >= 15 is 0 Å². The topological polar surface area (TPSA) is 91.6 Å². The highest BCUT2D eigenvalue weighted by Gasteiger charge is 2.20. The van der Waals surface area contributed by atoms with E-state index in [2.05, 4.69) is 10.6 Å². The van der Waals surface area contributed by atoms with Crippen LogP contribution in [0.2, 0.25) is 0 Å². The Kier molecular flexibility index (Phi) is 3.48. The zero-order valence-corrected chi connectivity index (χ0v) is 11.9. The number of hydrogen-bond acceptors (Lipinski definition) is 4. The summed E-state index contributed by atoms with van der Waals surface area (Å²) in [7, 11) is 0. The number of carbonyl (C=O) groups is 2. The molecule has 0 radical (unpaired) electrons. The maximum Gasteiger partial charge on any atom is 0.335 e. The first-order valence-electron chi connectivity index (χ1n) is 6.30. The van der Waals surface area contributed by atoms with Crippen molar-refractivity contribution >= 4 is 35.3 Å². The molecule has 0 spiro atoms. The van der Waals surface area contributed by atoms with E-state index in [1.807, 2.05) is 0 Å². The lowest BCUT2D eigenvalue weighted by molar-refractivity contribution is -0.115. The standard InChI is InChI=1S/C15H10N2O4S/c18-13-11(16-15(22)17-13)7-10-4-5-12(21-10)8-2-1-3-9(6-8)14(19)20/h1-7H,(H,19,20)(H2,16,17,18,22)/b11-7+. The number of carboxylic acid groups (broad SMARTS) is 1. The Morgan fingerprint density at radius 1 is 1.23 bits per heavy atom. The summed E-state index contributed by atoms with van der Waals surface area (Å²) in [5.41, 5.74) is 1.12. The van der Waals surface area contributed by atoms with Crippen molar-refractivity contribution in [3.63, 3.8) is 0 Å². The first-order valence-corrected chi connectivity index (χ1v) is 6.71. The zero-order valence-electron chi connectivity index (χ0n) is 11.1. The number of benzene rings is 1. The summed E-state index contributed by atoms with van der Waals surface area (Å²) < 4.78 is 5.62. The third kappa shape index (κ3) is 2.75. The van der Waals surface area contributed by atoms with Crippen LogP contribution in [0.25, 0.3) is 17.4 Å². The summed E-state index contributed by atoms with van der Waals surface area (Å²) in [6.45, 7) is 0. The first-order chi connectivity index (χ1) is 10.5. The van der Waals surface area contributed by atoms with E-state index < -0.39 is 5.97 Å². The number of carbonyl (C=O) groups excluding carboxylic acids is 1. The number of carboxylic acids is 1. The quantitative estimate of drug-likeness (QED) is 0.593. The average Bonchev–Trinajstić information content (AvgIpc) is 3.06. The second-order valence-corrected chi connectivity index (χ2v) is 4.96. The van der Waals surface area contributed by atoms with E-state index in [1.54, 1.807) is 24.3 Å². The molecule has 3 N–H and O–H groups in total. The largest absolute Gasteiger partial charge is 0.478 e. The molecule has 22 heavy (non-hydrogen) atoms. The van der Waals surface area contributed by atoms with Gasteiger partial charge >= 0.3 is 5.97 Å². The lowest BCUT2D eigenvalue weighted by atomic mass is 10.1. The normalized spacial score (nSPS) is 15.7. The fourth-order valence-corrected chi connectivity index (χ4v) is 2.22. The SMILES string of the molecule is O=C1NC(=S)N/C1=C/c1ccc(-c2cccc(C(=O)O)c2)o1. The van der Waals surface area contributed by atoms with Crippen LogP contribution in [0.5, 0.6) is 0 Å². The van der Waals surface area contributed by atoms with Crippen molar-refractivity contribution in [2.45, 2.75) is 0 Å². The number of thiocarbonyl (C=S) groups is 1. The molecule has 0 bridgehead atoms. The zero-order chi connectivity index (χ0) is 15.7. The van der Waals surface area contributed by atoms with Crippen LogP contribution in [0.4, 0.5) is 0 Å². The molecule has 6 nitrogen and oxygen atoms in total. The maximum atomic E-state index is 11.5. The Morgan fingerprint density at radius 3 is 2.73 bits per heavy atom. The summed E-state index contributed by atoms with van der Waals surface area (Å²) in [6.07, 6.45) is 1.53. The van der Waals surface area contributed by atoms with E-state index in [-0.39, 0.29) is 16.6 Å². The van der Waals surface area contributed by atoms with Crippen molar-refractivity contribution in [2.75, 3.05) is 0 Å². The van der Waals surface area contributed by atoms with Gasteiger partial charge < -0.3 is 14.8 Å². The lowest BCUT2D eigenvalue weighted by Gasteiger charge is -1.99. The Bertz CT molecular complexity index is 822. The molecule has 1 aliphatic heterocycles. The van der Waals surface area contributed by atoms with E-state index in [0.29, 0.717) is 22.8 Å². The Morgan fingerprint density at radius 2 is 2.05 bits per heavy atom. The second kappa shape index (κ2) is 5.45. The molecule has 0 aliphatic carbocycles.